The minimum atomic E-state index is -1.24. The Bertz CT molecular complexity index is 734. The van der Waals surface area contributed by atoms with E-state index in [1.807, 2.05) is 25.1 Å². The molecule has 0 fully saturated rings. The molecule has 0 aromatic heterocycles. The highest BCUT2D eigenvalue weighted by molar-refractivity contribution is 5.79. The maximum atomic E-state index is 12.9. The van der Waals surface area contributed by atoms with Crippen molar-refractivity contribution in [1.29, 1.82) is 0 Å². The number of carboxylic acid groups (broad SMARTS) is 1. The van der Waals surface area contributed by atoms with Crippen LogP contribution in [0.25, 0.3) is 0 Å². The lowest BCUT2D eigenvalue weighted by Gasteiger charge is -2.17. The van der Waals surface area contributed by atoms with E-state index in [1.54, 1.807) is 0 Å². The molecule has 27 heavy (non-hydrogen) atoms. The number of aliphatic carboxylic acids is 1. The molecule has 0 aliphatic heterocycles. The number of carboxylic acids is 1. The van der Waals surface area contributed by atoms with Crippen LogP contribution in [0.5, 0.6) is 5.75 Å². The van der Waals surface area contributed by atoms with Crippen LogP contribution in [0.4, 0.5) is 4.39 Å². The first-order valence-electron chi connectivity index (χ1n) is 8.92. The number of hydrogen-bond donors (Lipinski definition) is 2. The Kier molecular flexibility index (Phi) is 7.79. The summed E-state index contributed by atoms with van der Waals surface area (Å²) < 4.78 is 18.2. The van der Waals surface area contributed by atoms with E-state index >= 15 is 0 Å². The molecule has 0 aliphatic rings. The first-order chi connectivity index (χ1) is 13.0. The molecule has 1 amide bonds. The molecule has 144 valence electrons. The molecule has 2 unspecified atom stereocenters. The Morgan fingerprint density at radius 1 is 1.11 bits per heavy atom. The van der Waals surface area contributed by atoms with E-state index in [1.165, 1.54) is 29.8 Å². The highest BCUT2D eigenvalue weighted by Crippen LogP contribution is 2.14. The van der Waals surface area contributed by atoms with Gasteiger partial charge in [0.2, 0.25) is 12.0 Å². The summed E-state index contributed by atoms with van der Waals surface area (Å²) >= 11 is 0. The van der Waals surface area contributed by atoms with E-state index < -0.39 is 17.9 Å². The number of ether oxygens (including phenoxy) is 1. The fourth-order valence-electron chi connectivity index (χ4n) is 2.61. The normalized spacial score (nSPS) is 12.8. The van der Waals surface area contributed by atoms with Gasteiger partial charge in [-0.15, -0.1) is 0 Å². The van der Waals surface area contributed by atoms with Crippen LogP contribution < -0.4 is 10.1 Å². The van der Waals surface area contributed by atoms with E-state index in [0.29, 0.717) is 6.42 Å². The molecule has 6 heteroatoms. The van der Waals surface area contributed by atoms with Gasteiger partial charge in [-0.3, -0.25) is 4.79 Å². The highest BCUT2D eigenvalue weighted by atomic mass is 19.1. The molecule has 2 aromatic rings. The lowest BCUT2D eigenvalue weighted by atomic mass is 10.0. The molecule has 0 aliphatic carbocycles. The molecule has 0 bridgehead atoms. The van der Waals surface area contributed by atoms with Crippen LogP contribution in [0.3, 0.4) is 0 Å². The predicted octanol–water partition coefficient (Wildman–Crippen LogP) is 3.43. The zero-order valence-electron chi connectivity index (χ0n) is 15.2. The van der Waals surface area contributed by atoms with Crippen LogP contribution in [-0.2, 0) is 16.0 Å². The smallest absolute Gasteiger partial charge is 0.346 e. The first-order valence-corrected chi connectivity index (χ1v) is 8.92. The second-order valence-electron chi connectivity index (χ2n) is 6.42. The molecule has 5 nitrogen and oxygen atoms in total. The van der Waals surface area contributed by atoms with Crippen molar-refractivity contribution in [3.63, 3.8) is 0 Å². The van der Waals surface area contributed by atoms with Crippen molar-refractivity contribution in [3.05, 3.63) is 66.0 Å². The molecular weight excluding hydrogens is 349 g/mol. The molecule has 0 heterocycles. The third kappa shape index (κ3) is 7.09. The van der Waals surface area contributed by atoms with Crippen molar-refractivity contribution in [2.24, 2.45) is 5.92 Å². The van der Waals surface area contributed by atoms with Gasteiger partial charge in [-0.1, -0.05) is 37.3 Å². The summed E-state index contributed by atoms with van der Waals surface area (Å²) in [5, 5.41) is 11.9. The van der Waals surface area contributed by atoms with Crippen molar-refractivity contribution >= 4 is 11.9 Å². The summed E-state index contributed by atoms with van der Waals surface area (Å²) in [4.78, 5) is 23.5. The number of rotatable bonds is 10. The summed E-state index contributed by atoms with van der Waals surface area (Å²) in [6, 6.07) is 15.1. The monoisotopic (exact) mass is 373 g/mol. The molecular formula is C21H24FNO4. The fraction of sp³-hybridized carbons (Fsp3) is 0.333. The Hall–Kier alpha value is -2.89. The van der Waals surface area contributed by atoms with E-state index in [-0.39, 0.29) is 24.1 Å². The van der Waals surface area contributed by atoms with E-state index in [2.05, 4.69) is 17.4 Å². The standard InChI is InChI=1S/C21H24FNO4/c1-15(6-5-9-16-7-3-2-4-8-16)20(24)23-14-19(21(25)26)27-18-12-10-17(22)11-13-18/h2-4,7-8,10-13,15,19H,5-6,9,14H2,1H3,(H,23,24)(H,25,26). The molecule has 0 saturated heterocycles. The Labute approximate surface area is 158 Å². The second-order valence-corrected chi connectivity index (χ2v) is 6.42. The lowest BCUT2D eigenvalue weighted by molar-refractivity contribution is -0.145. The molecule has 0 radical (unpaired) electrons. The van der Waals surface area contributed by atoms with Gasteiger partial charge in [0.05, 0.1) is 6.54 Å². The summed E-state index contributed by atoms with van der Waals surface area (Å²) in [7, 11) is 0. The van der Waals surface area contributed by atoms with Gasteiger partial charge in [0, 0.05) is 5.92 Å². The summed E-state index contributed by atoms with van der Waals surface area (Å²) in [5.74, 6) is -1.84. The Balaban J connectivity index is 1.76. The van der Waals surface area contributed by atoms with Crippen LogP contribution in [-0.4, -0.2) is 29.6 Å². The number of nitrogens with one attached hydrogen (secondary N) is 1. The first kappa shape index (κ1) is 20.4. The molecule has 2 N–H and O–H groups in total. The van der Waals surface area contributed by atoms with Gasteiger partial charge >= 0.3 is 5.97 Å². The number of carbonyl (C=O) groups is 2. The molecule has 0 spiro atoms. The summed E-state index contributed by atoms with van der Waals surface area (Å²) in [6.45, 7) is 1.66. The van der Waals surface area contributed by atoms with Gasteiger partial charge in [-0.25, -0.2) is 9.18 Å². The molecule has 2 atom stereocenters. The van der Waals surface area contributed by atoms with Gasteiger partial charge in [-0.2, -0.15) is 0 Å². The third-order valence-electron chi connectivity index (χ3n) is 4.22. The van der Waals surface area contributed by atoms with Crippen LogP contribution in [0, 0.1) is 11.7 Å². The maximum absolute atomic E-state index is 12.9. The topological polar surface area (TPSA) is 75.6 Å². The Morgan fingerprint density at radius 2 is 1.78 bits per heavy atom. The van der Waals surface area contributed by atoms with Crippen LogP contribution in [0.1, 0.15) is 25.3 Å². The number of amides is 1. The number of hydrogen-bond acceptors (Lipinski definition) is 3. The Morgan fingerprint density at radius 3 is 2.41 bits per heavy atom. The molecule has 2 rings (SSSR count). The van der Waals surface area contributed by atoms with Gasteiger partial charge in [-0.05, 0) is 49.1 Å². The van der Waals surface area contributed by atoms with Gasteiger partial charge in [0.25, 0.3) is 0 Å². The lowest BCUT2D eigenvalue weighted by Crippen LogP contribution is -2.42. The summed E-state index contributed by atoms with van der Waals surface area (Å²) in [6.07, 6.45) is 1.23. The number of halogens is 1. The number of carbonyl (C=O) groups excluding carboxylic acids is 1. The number of aryl methyl sites for hydroxylation is 1. The van der Waals surface area contributed by atoms with Crippen LogP contribution >= 0.6 is 0 Å². The fourth-order valence-corrected chi connectivity index (χ4v) is 2.61. The van der Waals surface area contributed by atoms with Crippen LogP contribution in [0.15, 0.2) is 54.6 Å². The van der Waals surface area contributed by atoms with Crippen molar-refractivity contribution in [2.75, 3.05) is 6.54 Å². The number of benzene rings is 2. The zero-order valence-corrected chi connectivity index (χ0v) is 15.2. The quantitative estimate of drug-likeness (QED) is 0.669. The van der Waals surface area contributed by atoms with E-state index in [4.69, 9.17) is 4.74 Å². The van der Waals surface area contributed by atoms with Gasteiger partial charge in [0.15, 0.2) is 0 Å². The summed E-state index contributed by atoms with van der Waals surface area (Å²) in [5.41, 5.74) is 1.23. The predicted molar refractivity (Wildman–Crippen MR) is 100 cm³/mol. The minimum absolute atomic E-state index is 0.158. The van der Waals surface area contributed by atoms with Crippen molar-refractivity contribution in [3.8, 4) is 5.75 Å². The average Bonchev–Trinajstić information content (AvgIpc) is 2.66. The average molecular weight is 373 g/mol. The van der Waals surface area contributed by atoms with E-state index in [0.717, 1.165) is 12.8 Å². The van der Waals surface area contributed by atoms with Crippen LogP contribution in [0.2, 0.25) is 0 Å². The minimum Gasteiger partial charge on any atom is -0.478 e. The van der Waals surface area contributed by atoms with Gasteiger partial charge < -0.3 is 15.2 Å². The van der Waals surface area contributed by atoms with E-state index in [9.17, 15) is 19.1 Å². The van der Waals surface area contributed by atoms with Gasteiger partial charge in [0.1, 0.15) is 11.6 Å². The SMILES string of the molecule is CC(CCCc1ccccc1)C(=O)NCC(Oc1ccc(F)cc1)C(=O)O. The largest absolute Gasteiger partial charge is 0.478 e. The van der Waals surface area contributed by atoms with Crippen molar-refractivity contribution < 1.29 is 23.8 Å². The highest BCUT2D eigenvalue weighted by Gasteiger charge is 2.22. The maximum Gasteiger partial charge on any atom is 0.346 e. The third-order valence-corrected chi connectivity index (χ3v) is 4.22. The van der Waals surface area contributed by atoms with Crippen molar-refractivity contribution in [2.45, 2.75) is 32.3 Å². The molecule has 0 saturated carbocycles. The zero-order chi connectivity index (χ0) is 19.6. The van der Waals surface area contributed by atoms with Crippen molar-refractivity contribution in [1.82, 2.24) is 5.32 Å². The second kappa shape index (κ2) is 10.3. The molecule has 2 aromatic carbocycles.